The number of pyridine rings is 1. The molecule has 96 valence electrons. The van der Waals surface area contributed by atoms with E-state index in [4.69, 9.17) is 4.74 Å². The minimum absolute atomic E-state index is 0.0863. The molecule has 0 spiro atoms. The summed E-state index contributed by atoms with van der Waals surface area (Å²) in [6, 6.07) is 6.13. The molecule has 4 nitrogen and oxygen atoms in total. The zero-order chi connectivity index (χ0) is 12.4. The van der Waals surface area contributed by atoms with E-state index >= 15 is 0 Å². The fourth-order valence-corrected chi connectivity index (χ4v) is 2.57. The van der Waals surface area contributed by atoms with Gasteiger partial charge in [-0.1, -0.05) is 6.07 Å². The molecule has 1 aliphatic rings. The lowest BCUT2D eigenvalue weighted by Crippen LogP contribution is -2.47. The molecule has 0 unspecified atom stereocenters. The van der Waals surface area contributed by atoms with Gasteiger partial charge in [-0.15, -0.1) is 0 Å². The Bertz CT molecular complexity index is 525. The Morgan fingerprint density at radius 1 is 1.44 bits per heavy atom. The Labute approximate surface area is 107 Å². The third-order valence-electron chi connectivity index (χ3n) is 3.97. The van der Waals surface area contributed by atoms with Crippen LogP contribution < -0.4 is 5.32 Å². The molecule has 18 heavy (non-hydrogen) atoms. The van der Waals surface area contributed by atoms with Crippen molar-refractivity contribution in [2.24, 2.45) is 0 Å². The molecule has 0 saturated heterocycles. The molecular weight excluding hydrogens is 226 g/mol. The zero-order valence-corrected chi connectivity index (χ0v) is 10.7. The van der Waals surface area contributed by atoms with Gasteiger partial charge in [0, 0.05) is 32.0 Å². The highest BCUT2D eigenvalue weighted by molar-refractivity contribution is 5.53. The van der Waals surface area contributed by atoms with Crippen molar-refractivity contribution in [1.82, 2.24) is 14.9 Å². The van der Waals surface area contributed by atoms with Crippen molar-refractivity contribution in [3.63, 3.8) is 0 Å². The van der Waals surface area contributed by atoms with Crippen LogP contribution in [0, 0.1) is 0 Å². The number of fused-ring (bicyclic) bond motifs is 1. The van der Waals surface area contributed by atoms with Crippen molar-refractivity contribution < 1.29 is 4.74 Å². The Morgan fingerprint density at radius 3 is 3.06 bits per heavy atom. The zero-order valence-electron chi connectivity index (χ0n) is 10.7. The van der Waals surface area contributed by atoms with Gasteiger partial charge in [-0.05, 0) is 31.4 Å². The van der Waals surface area contributed by atoms with Crippen LogP contribution >= 0.6 is 0 Å². The average molecular weight is 245 g/mol. The second kappa shape index (κ2) is 4.71. The summed E-state index contributed by atoms with van der Waals surface area (Å²) >= 11 is 0. The van der Waals surface area contributed by atoms with Gasteiger partial charge in [0.1, 0.15) is 0 Å². The number of rotatable bonds is 5. The predicted octanol–water partition coefficient (Wildman–Crippen LogP) is 1.99. The number of nitrogens with one attached hydrogen (secondary N) is 1. The van der Waals surface area contributed by atoms with Crippen LogP contribution in [-0.4, -0.2) is 28.9 Å². The summed E-state index contributed by atoms with van der Waals surface area (Å²) in [5.41, 5.74) is 2.49. The molecule has 2 heterocycles. The molecule has 1 saturated carbocycles. The highest BCUT2D eigenvalue weighted by atomic mass is 16.5. The number of nitrogens with zero attached hydrogens (tertiary/aromatic N) is 2. The maximum Gasteiger partial charge on any atom is 0.0802 e. The van der Waals surface area contributed by atoms with Crippen LogP contribution in [0.3, 0.4) is 0 Å². The van der Waals surface area contributed by atoms with Crippen LogP contribution in [-0.2, 0) is 11.3 Å². The predicted molar refractivity (Wildman–Crippen MR) is 70.5 cm³/mol. The monoisotopic (exact) mass is 245 g/mol. The van der Waals surface area contributed by atoms with E-state index in [9.17, 15) is 0 Å². The second-order valence-electron chi connectivity index (χ2n) is 5.04. The van der Waals surface area contributed by atoms with E-state index in [1.54, 1.807) is 0 Å². The molecule has 0 bridgehead atoms. The molecular formula is C14H19N3O. The molecule has 0 aliphatic heterocycles. The maximum atomic E-state index is 5.60. The smallest absolute Gasteiger partial charge is 0.0802 e. The topological polar surface area (TPSA) is 38.6 Å². The summed E-state index contributed by atoms with van der Waals surface area (Å²) in [6.45, 7) is 1.77. The van der Waals surface area contributed by atoms with Crippen molar-refractivity contribution in [1.29, 1.82) is 0 Å². The van der Waals surface area contributed by atoms with Gasteiger partial charge >= 0.3 is 0 Å². The van der Waals surface area contributed by atoms with E-state index in [-0.39, 0.29) is 5.60 Å². The van der Waals surface area contributed by atoms with Gasteiger partial charge < -0.3 is 10.1 Å². The molecule has 0 aromatic carbocycles. The fraction of sp³-hybridized carbons (Fsp3) is 0.500. The molecule has 1 N–H and O–H groups in total. The first-order valence-electron chi connectivity index (χ1n) is 6.50. The Kier molecular flexibility index (Phi) is 3.06. The summed E-state index contributed by atoms with van der Waals surface area (Å²) in [7, 11) is 1.82. The van der Waals surface area contributed by atoms with Gasteiger partial charge in [-0.2, -0.15) is 5.10 Å². The Hall–Kier alpha value is -1.39. The van der Waals surface area contributed by atoms with E-state index in [1.165, 1.54) is 30.3 Å². The number of aromatic nitrogens is 2. The van der Waals surface area contributed by atoms with E-state index < -0.39 is 0 Å². The van der Waals surface area contributed by atoms with Crippen LogP contribution in [0.2, 0.25) is 0 Å². The second-order valence-corrected chi connectivity index (χ2v) is 5.04. The van der Waals surface area contributed by atoms with Gasteiger partial charge in [0.25, 0.3) is 0 Å². The summed E-state index contributed by atoms with van der Waals surface area (Å²) in [4.78, 5) is 0. The molecule has 0 radical (unpaired) electrons. The SMILES string of the molecule is COC1(CNCc2cnn3ccccc23)CCC1. The third-order valence-corrected chi connectivity index (χ3v) is 3.97. The quantitative estimate of drug-likeness (QED) is 0.875. The van der Waals surface area contributed by atoms with Crippen molar-refractivity contribution in [3.8, 4) is 0 Å². The Morgan fingerprint density at radius 2 is 2.33 bits per heavy atom. The average Bonchev–Trinajstić information content (AvgIpc) is 2.76. The van der Waals surface area contributed by atoms with Gasteiger partial charge in [-0.3, -0.25) is 0 Å². The van der Waals surface area contributed by atoms with Crippen molar-refractivity contribution in [3.05, 3.63) is 36.2 Å². The molecule has 2 aromatic heterocycles. The number of methoxy groups -OCH3 is 1. The van der Waals surface area contributed by atoms with E-state index in [0.29, 0.717) is 0 Å². The summed E-state index contributed by atoms with van der Waals surface area (Å²) in [5.74, 6) is 0. The lowest BCUT2D eigenvalue weighted by Gasteiger charge is -2.40. The van der Waals surface area contributed by atoms with Gasteiger partial charge in [0.05, 0.1) is 17.3 Å². The Balaban J connectivity index is 1.63. The molecule has 1 fully saturated rings. The van der Waals surface area contributed by atoms with Crippen LogP contribution in [0.15, 0.2) is 30.6 Å². The largest absolute Gasteiger partial charge is 0.377 e. The van der Waals surface area contributed by atoms with Crippen LogP contribution in [0.1, 0.15) is 24.8 Å². The normalized spacial score (nSPS) is 17.8. The molecule has 3 rings (SSSR count). The third kappa shape index (κ3) is 2.02. The minimum Gasteiger partial charge on any atom is -0.377 e. The summed E-state index contributed by atoms with van der Waals surface area (Å²) in [6.07, 6.45) is 7.53. The van der Waals surface area contributed by atoms with Crippen molar-refractivity contribution >= 4 is 5.52 Å². The van der Waals surface area contributed by atoms with Crippen molar-refractivity contribution in [2.45, 2.75) is 31.4 Å². The van der Waals surface area contributed by atoms with Crippen LogP contribution in [0.25, 0.3) is 5.52 Å². The summed E-state index contributed by atoms with van der Waals surface area (Å²) in [5, 5.41) is 7.83. The summed E-state index contributed by atoms with van der Waals surface area (Å²) < 4.78 is 7.51. The lowest BCUT2D eigenvalue weighted by atomic mass is 9.80. The lowest BCUT2D eigenvalue weighted by molar-refractivity contribution is -0.0695. The molecule has 0 atom stereocenters. The highest BCUT2D eigenvalue weighted by Crippen LogP contribution is 2.34. The van der Waals surface area contributed by atoms with Crippen molar-refractivity contribution in [2.75, 3.05) is 13.7 Å². The number of ether oxygens (including phenoxy) is 1. The molecule has 0 amide bonds. The molecule has 4 heteroatoms. The first-order chi connectivity index (χ1) is 8.83. The molecule has 2 aromatic rings. The number of hydrogen-bond donors (Lipinski definition) is 1. The fourth-order valence-electron chi connectivity index (χ4n) is 2.57. The van der Waals surface area contributed by atoms with Crippen LogP contribution in [0.4, 0.5) is 0 Å². The first kappa shape index (κ1) is 11.7. The standard InChI is InChI=1S/C14H19N3O/c1-18-14(6-4-7-14)11-15-9-12-10-16-17-8-3-2-5-13(12)17/h2-3,5,8,10,15H,4,6-7,9,11H2,1H3. The van der Waals surface area contributed by atoms with E-state index in [1.807, 2.05) is 36.2 Å². The van der Waals surface area contributed by atoms with Crippen LogP contribution in [0.5, 0.6) is 0 Å². The highest BCUT2D eigenvalue weighted by Gasteiger charge is 2.36. The minimum atomic E-state index is 0.0863. The van der Waals surface area contributed by atoms with Gasteiger partial charge in [0.2, 0.25) is 0 Å². The van der Waals surface area contributed by atoms with Gasteiger partial charge in [-0.25, -0.2) is 4.52 Å². The maximum absolute atomic E-state index is 5.60. The van der Waals surface area contributed by atoms with E-state index in [2.05, 4.69) is 16.5 Å². The number of hydrogen-bond acceptors (Lipinski definition) is 3. The molecule has 1 aliphatic carbocycles. The van der Waals surface area contributed by atoms with E-state index in [0.717, 1.165) is 13.1 Å². The first-order valence-corrected chi connectivity index (χ1v) is 6.50. The van der Waals surface area contributed by atoms with Gasteiger partial charge in [0.15, 0.2) is 0 Å².